The lowest BCUT2D eigenvalue weighted by Crippen LogP contribution is -1.94. The van der Waals surface area contributed by atoms with E-state index >= 15 is 0 Å². The maximum Gasteiger partial charge on any atom is 0.329 e. The Morgan fingerprint density at radius 2 is 1.90 bits per heavy atom. The molecule has 1 N–H and O–H groups in total. The van der Waals surface area contributed by atoms with Crippen molar-refractivity contribution in [2.45, 2.75) is 6.92 Å². The first-order chi connectivity index (χ1) is 10.1. The van der Waals surface area contributed by atoms with Crippen LogP contribution in [0, 0.1) is 6.92 Å². The number of aryl methyl sites for hydroxylation is 1. The number of hydrogen-bond donors (Lipinski definition) is 1. The van der Waals surface area contributed by atoms with Gasteiger partial charge in [-0.1, -0.05) is 48.0 Å². The smallest absolute Gasteiger partial charge is 0.329 e. The molecule has 0 aliphatic carbocycles. The summed E-state index contributed by atoms with van der Waals surface area (Å²) in [4.78, 5) is 11.2. The number of aliphatic carboxylic acids is 1. The molecule has 2 aromatic carbocycles. The lowest BCUT2D eigenvalue weighted by molar-refractivity contribution is -0.131. The zero-order valence-electron chi connectivity index (χ0n) is 11.5. The highest BCUT2D eigenvalue weighted by molar-refractivity contribution is 6.01. The largest absolute Gasteiger partial charge is 0.478 e. The average Bonchev–Trinajstić information content (AvgIpc) is 2.88. The van der Waals surface area contributed by atoms with E-state index in [1.165, 1.54) is 6.08 Å². The zero-order chi connectivity index (χ0) is 14.8. The molecular formula is C18H14O3. The van der Waals surface area contributed by atoms with Crippen LogP contribution in [0.2, 0.25) is 0 Å². The minimum absolute atomic E-state index is 0.571. The number of furan rings is 1. The highest BCUT2D eigenvalue weighted by Gasteiger charge is 2.14. The molecule has 3 aromatic rings. The van der Waals surface area contributed by atoms with E-state index in [1.54, 1.807) is 6.26 Å². The van der Waals surface area contributed by atoms with Crippen LogP contribution in [0.25, 0.3) is 16.3 Å². The molecule has 0 aliphatic rings. The van der Waals surface area contributed by atoms with E-state index in [0.717, 1.165) is 21.9 Å². The van der Waals surface area contributed by atoms with Crippen molar-refractivity contribution < 1.29 is 14.3 Å². The van der Waals surface area contributed by atoms with Gasteiger partial charge in [0.2, 0.25) is 0 Å². The van der Waals surface area contributed by atoms with E-state index in [1.807, 2.05) is 55.5 Å². The van der Waals surface area contributed by atoms with E-state index < -0.39 is 5.97 Å². The van der Waals surface area contributed by atoms with Gasteiger partial charge in [-0.15, -0.1) is 0 Å². The minimum atomic E-state index is -0.995. The molecule has 0 bridgehead atoms. The minimum Gasteiger partial charge on any atom is -0.478 e. The first kappa shape index (κ1) is 13.2. The van der Waals surface area contributed by atoms with Crippen LogP contribution < -0.4 is 0 Å². The fourth-order valence-electron chi connectivity index (χ4n) is 2.40. The van der Waals surface area contributed by atoms with Crippen LogP contribution in [0.4, 0.5) is 0 Å². The Bertz CT molecular complexity index is 826. The topological polar surface area (TPSA) is 50.4 Å². The summed E-state index contributed by atoms with van der Waals surface area (Å²) in [5.41, 5.74) is 2.53. The third-order valence-corrected chi connectivity index (χ3v) is 3.35. The van der Waals surface area contributed by atoms with Crippen LogP contribution >= 0.6 is 0 Å². The standard InChI is InChI=1S/C18H14O3/c1-12-7-8-15-14(9-12)11-21-18(15)16(10-17(19)20)13-5-3-2-4-6-13/h2-11H,1H3,(H,19,20)/b16-10+. The summed E-state index contributed by atoms with van der Waals surface area (Å²) in [5, 5.41) is 11.0. The normalized spacial score (nSPS) is 11.8. The Kier molecular flexibility index (Phi) is 3.32. The summed E-state index contributed by atoms with van der Waals surface area (Å²) in [6, 6.07) is 15.4. The average molecular weight is 278 g/mol. The Hall–Kier alpha value is -2.81. The van der Waals surface area contributed by atoms with Crippen LogP contribution in [-0.4, -0.2) is 11.1 Å². The molecule has 104 valence electrons. The molecule has 21 heavy (non-hydrogen) atoms. The molecule has 3 nitrogen and oxygen atoms in total. The van der Waals surface area contributed by atoms with Gasteiger partial charge in [-0.2, -0.15) is 0 Å². The summed E-state index contributed by atoms with van der Waals surface area (Å²) >= 11 is 0. The summed E-state index contributed by atoms with van der Waals surface area (Å²) in [6.45, 7) is 2.01. The predicted molar refractivity (Wildman–Crippen MR) is 82.1 cm³/mol. The molecule has 0 spiro atoms. The molecule has 1 aromatic heterocycles. The second kappa shape index (κ2) is 5.29. The first-order valence-corrected chi connectivity index (χ1v) is 6.63. The van der Waals surface area contributed by atoms with Gasteiger partial charge in [-0.05, 0) is 18.6 Å². The third kappa shape index (κ3) is 2.58. The van der Waals surface area contributed by atoms with Gasteiger partial charge < -0.3 is 9.52 Å². The second-order valence-corrected chi connectivity index (χ2v) is 4.92. The SMILES string of the molecule is Cc1ccc2c(/C(=C/C(=O)O)c3ccccc3)occ2c1. The molecule has 0 saturated carbocycles. The Morgan fingerprint density at radius 3 is 2.62 bits per heavy atom. The summed E-state index contributed by atoms with van der Waals surface area (Å²) < 4.78 is 5.66. The van der Waals surface area contributed by atoms with E-state index in [0.29, 0.717) is 11.3 Å². The Morgan fingerprint density at radius 1 is 1.14 bits per heavy atom. The van der Waals surface area contributed by atoms with Gasteiger partial charge in [0, 0.05) is 22.4 Å². The van der Waals surface area contributed by atoms with Crippen molar-refractivity contribution in [1.29, 1.82) is 0 Å². The molecule has 0 saturated heterocycles. The Balaban J connectivity index is 2.23. The third-order valence-electron chi connectivity index (χ3n) is 3.35. The maximum absolute atomic E-state index is 11.2. The number of fused-ring (bicyclic) bond motifs is 1. The summed E-state index contributed by atoms with van der Waals surface area (Å²) in [5.74, 6) is -0.413. The molecule has 0 aliphatic heterocycles. The molecule has 0 unspecified atom stereocenters. The molecule has 3 heteroatoms. The molecule has 3 rings (SSSR count). The van der Waals surface area contributed by atoms with Crippen molar-refractivity contribution in [3.8, 4) is 0 Å². The monoisotopic (exact) mass is 278 g/mol. The molecule has 0 fully saturated rings. The lowest BCUT2D eigenvalue weighted by atomic mass is 9.99. The molecule has 0 radical (unpaired) electrons. The van der Waals surface area contributed by atoms with Gasteiger partial charge >= 0.3 is 5.97 Å². The van der Waals surface area contributed by atoms with E-state index in [-0.39, 0.29) is 0 Å². The highest BCUT2D eigenvalue weighted by Crippen LogP contribution is 2.31. The van der Waals surface area contributed by atoms with Gasteiger partial charge in [0.1, 0.15) is 5.76 Å². The molecular weight excluding hydrogens is 264 g/mol. The number of hydrogen-bond acceptors (Lipinski definition) is 2. The lowest BCUT2D eigenvalue weighted by Gasteiger charge is -2.05. The van der Waals surface area contributed by atoms with Crippen LogP contribution in [0.15, 0.2) is 65.3 Å². The van der Waals surface area contributed by atoms with E-state index in [2.05, 4.69) is 0 Å². The van der Waals surface area contributed by atoms with Crippen LogP contribution in [-0.2, 0) is 4.79 Å². The number of rotatable bonds is 3. The van der Waals surface area contributed by atoms with Crippen molar-refractivity contribution in [2.24, 2.45) is 0 Å². The quantitative estimate of drug-likeness (QED) is 0.728. The number of carboxylic acid groups (broad SMARTS) is 1. The van der Waals surface area contributed by atoms with Gasteiger partial charge in [0.25, 0.3) is 0 Å². The Labute approximate surface area is 122 Å². The van der Waals surface area contributed by atoms with Gasteiger partial charge in [0.15, 0.2) is 0 Å². The van der Waals surface area contributed by atoms with Crippen LogP contribution in [0.1, 0.15) is 16.9 Å². The highest BCUT2D eigenvalue weighted by atomic mass is 16.4. The van der Waals surface area contributed by atoms with E-state index in [4.69, 9.17) is 9.52 Å². The van der Waals surface area contributed by atoms with Crippen molar-refractivity contribution in [3.05, 3.63) is 77.8 Å². The van der Waals surface area contributed by atoms with E-state index in [9.17, 15) is 4.79 Å². The van der Waals surface area contributed by atoms with Gasteiger partial charge in [-0.3, -0.25) is 0 Å². The number of carboxylic acids is 1. The summed E-state index contributed by atoms with van der Waals surface area (Å²) in [6.07, 6.45) is 2.85. The fraction of sp³-hybridized carbons (Fsp3) is 0.0556. The van der Waals surface area contributed by atoms with Crippen molar-refractivity contribution in [1.82, 2.24) is 0 Å². The molecule has 0 atom stereocenters. The van der Waals surface area contributed by atoms with Crippen molar-refractivity contribution in [2.75, 3.05) is 0 Å². The predicted octanol–water partition coefficient (Wildman–Crippen LogP) is 4.26. The zero-order valence-corrected chi connectivity index (χ0v) is 11.5. The van der Waals surface area contributed by atoms with Gasteiger partial charge in [0.05, 0.1) is 6.26 Å². The van der Waals surface area contributed by atoms with Crippen LogP contribution in [0.3, 0.4) is 0 Å². The second-order valence-electron chi connectivity index (χ2n) is 4.92. The van der Waals surface area contributed by atoms with Crippen molar-refractivity contribution in [3.63, 3.8) is 0 Å². The van der Waals surface area contributed by atoms with Crippen molar-refractivity contribution >= 4 is 22.3 Å². The fourth-order valence-corrected chi connectivity index (χ4v) is 2.40. The van der Waals surface area contributed by atoms with Gasteiger partial charge in [-0.25, -0.2) is 4.79 Å². The first-order valence-electron chi connectivity index (χ1n) is 6.63. The summed E-state index contributed by atoms with van der Waals surface area (Å²) in [7, 11) is 0. The molecule has 1 heterocycles. The maximum atomic E-state index is 11.2. The molecule has 0 amide bonds. The number of benzene rings is 2. The number of carbonyl (C=O) groups is 1. The van der Waals surface area contributed by atoms with Crippen LogP contribution in [0.5, 0.6) is 0 Å².